The number of phenols is 1. The molecule has 3 rings (SSSR count). The molecule has 2 N–H and O–H groups in total. The predicted octanol–water partition coefficient (Wildman–Crippen LogP) is 2.22. The summed E-state index contributed by atoms with van der Waals surface area (Å²) in [5.41, 5.74) is 1.65. The summed E-state index contributed by atoms with van der Waals surface area (Å²) >= 11 is 0. The number of H-pyrrole nitrogens is 1. The molecule has 96 valence electrons. The van der Waals surface area contributed by atoms with Crippen LogP contribution in [-0.4, -0.2) is 14.7 Å². The van der Waals surface area contributed by atoms with Gasteiger partial charge >= 0.3 is 5.69 Å². The molecule has 1 aromatic heterocycles. The van der Waals surface area contributed by atoms with Gasteiger partial charge in [0.15, 0.2) is 0 Å². The molecule has 3 aromatic rings. The topological polar surface area (TPSA) is 58.0 Å². The molecular formula is C14H11FN2O2. The molecule has 0 aliphatic carbocycles. The molecule has 1 heterocycles. The van der Waals surface area contributed by atoms with Crippen LogP contribution in [-0.2, 0) is 6.54 Å². The first-order chi connectivity index (χ1) is 9.13. The van der Waals surface area contributed by atoms with E-state index in [-0.39, 0.29) is 23.8 Å². The van der Waals surface area contributed by atoms with Crippen LogP contribution in [0.15, 0.2) is 47.3 Å². The Morgan fingerprint density at radius 1 is 1.21 bits per heavy atom. The Bertz CT molecular complexity index is 805. The van der Waals surface area contributed by atoms with E-state index in [9.17, 15) is 14.3 Å². The van der Waals surface area contributed by atoms with Gasteiger partial charge in [-0.25, -0.2) is 9.18 Å². The highest BCUT2D eigenvalue weighted by molar-refractivity contribution is 5.76. The average Bonchev–Trinajstić information content (AvgIpc) is 2.65. The molecule has 2 aromatic carbocycles. The Morgan fingerprint density at radius 2 is 2.05 bits per heavy atom. The SMILES string of the molecule is O=c1[nH]c2cc(O)ccc2n1Cc1cccc(F)c1. The predicted molar refractivity (Wildman–Crippen MR) is 69.7 cm³/mol. The molecule has 0 aliphatic heterocycles. The van der Waals surface area contributed by atoms with Gasteiger partial charge in [0.05, 0.1) is 17.6 Å². The second kappa shape index (κ2) is 4.28. The highest BCUT2D eigenvalue weighted by Gasteiger charge is 2.08. The molecule has 0 fully saturated rings. The number of nitrogens with zero attached hydrogens (tertiary/aromatic N) is 1. The number of phenolic OH excluding ortho intramolecular Hbond substituents is 1. The number of nitrogens with one attached hydrogen (secondary N) is 1. The number of imidazole rings is 1. The first kappa shape index (κ1) is 11.5. The molecule has 5 heteroatoms. The first-order valence-corrected chi connectivity index (χ1v) is 5.79. The minimum Gasteiger partial charge on any atom is -0.508 e. The third-order valence-corrected chi connectivity index (χ3v) is 2.99. The van der Waals surface area contributed by atoms with Crippen molar-refractivity contribution in [3.05, 3.63) is 64.3 Å². The van der Waals surface area contributed by atoms with Gasteiger partial charge in [-0.1, -0.05) is 12.1 Å². The van der Waals surface area contributed by atoms with Crippen LogP contribution in [0.3, 0.4) is 0 Å². The van der Waals surface area contributed by atoms with E-state index in [0.717, 1.165) is 0 Å². The Morgan fingerprint density at radius 3 is 2.84 bits per heavy atom. The summed E-state index contributed by atoms with van der Waals surface area (Å²) < 4.78 is 14.6. The summed E-state index contributed by atoms with van der Waals surface area (Å²) in [7, 11) is 0. The summed E-state index contributed by atoms with van der Waals surface area (Å²) in [6, 6.07) is 10.8. The Balaban J connectivity index is 2.10. The summed E-state index contributed by atoms with van der Waals surface area (Å²) in [6.07, 6.45) is 0. The molecule has 0 saturated carbocycles. The van der Waals surface area contributed by atoms with Crippen molar-refractivity contribution >= 4 is 11.0 Å². The van der Waals surface area contributed by atoms with Crippen molar-refractivity contribution < 1.29 is 9.50 Å². The number of aromatic nitrogens is 2. The lowest BCUT2D eigenvalue weighted by atomic mass is 10.2. The van der Waals surface area contributed by atoms with Gasteiger partial charge < -0.3 is 10.1 Å². The summed E-state index contributed by atoms with van der Waals surface area (Å²) in [5, 5.41) is 9.38. The van der Waals surface area contributed by atoms with Crippen LogP contribution < -0.4 is 5.69 Å². The van der Waals surface area contributed by atoms with Gasteiger partial charge in [-0.3, -0.25) is 4.57 Å². The van der Waals surface area contributed by atoms with Crippen LogP contribution in [0.1, 0.15) is 5.56 Å². The zero-order chi connectivity index (χ0) is 13.4. The van der Waals surface area contributed by atoms with E-state index < -0.39 is 0 Å². The summed E-state index contributed by atoms with van der Waals surface area (Å²) in [4.78, 5) is 14.5. The number of fused-ring (bicyclic) bond motifs is 1. The molecule has 0 saturated heterocycles. The third kappa shape index (κ3) is 2.10. The lowest BCUT2D eigenvalue weighted by Crippen LogP contribution is -2.17. The van der Waals surface area contributed by atoms with Crippen LogP contribution >= 0.6 is 0 Å². The molecule has 0 bridgehead atoms. The van der Waals surface area contributed by atoms with E-state index in [0.29, 0.717) is 16.6 Å². The fourth-order valence-electron chi connectivity index (χ4n) is 2.13. The van der Waals surface area contributed by atoms with Crippen molar-refractivity contribution in [1.82, 2.24) is 9.55 Å². The molecule has 0 atom stereocenters. The van der Waals surface area contributed by atoms with Crippen molar-refractivity contribution in [1.29, 1.82) is 0 Å². The molecule has 0 radical (unpaired) electrons. The maximum Gasteiger partial charge on any atom is 0.326 e. The lowest BCUT2D eigenvalue weighted by Gasteiger charge is -2.04. The minimum atomic E-state index is -0.331. The van der Waals surface area contributed by atoms with Crippen molar-refractivity contribution in [3.8, 4) is 5.75 Å². The monoisotopic (exact) mass is 258 g/mol. The molecule has 19 heavy (non-hydrogen) atoms. The van der Waals surface area contributed by atoms with Crippen molar-refractivity contribution in [2.24, 2.45) is 0 Å². The molecule has 4 nitrogen and oxygen atoms in total. The highest BCUT2D eigenvalue weighted by Crippen LogP contribution is 2.17. The molecular weight excluding hydrogens is 247 g/mol. The fraction of sp³-hybridized carbons (Fsp3) is 0.0714. The highest BCUT2D eigenvalue weighted by atomic mass is 19.1. The van der Waals surface area contributed by atoms with E-state index >= 15 is 0 Å². The van der Waals surface area contributed by atoms with Crippen LogP contribution in [0.25, 0.3) is 11.0 Å². The van der Waals surface area contributed by atoms with Gasteiger partial charge in [0.1, 0.15) is 11.6 Å². The standard InChI is InChI=1S/C14H11FN2O2/c15-10-3-1-2-9(6-10)8-17-13-5-4-11(18)7-12(13)16-14(17)19/h1-7,18H,8H2,(H,16,19). The van der Waals surface area contributed by atoms with Crippen molar-refractivity contribution in [2.45, 2.75) is 6.54 Å². The maximum atomic E-state index is 13.1. The van der Waals surface area contributed by atoms with E-state index in [2.05, 4.69) is 4.98 Å². The van der Waals surface area contributed by atoms with Gasteiger partial charge in [0.2, 0.25) is 0 Å². The van der Waals surface area contributed by atoms with E-state index in [4.69, 9.17) is 0 Å². The third-order valence-electron chi connectivity index (χ3n) is 2.99. The number of hydrogen-bond acceptors (Lipinski definition) is 2. The number of halogens is 1. The van der Waals surface area contributed by atoms with E-state index in [1.807, 2.05) is 0 Å². The number of aromatic amines is 1. The van der Waals surface area contributed by atoms with Crippen molar-refractivity contribution in [3.63, 3.8) is 0 Å². The average molecular weight is 258 g/mol. The smallest absolute Gasteiger partial charge is 0.326 e. The lowest BCUT2D eigenvalue weighted by molar-refractivity contribution is 0.476. The van der Waals surface area contributed by atoms with Gasteiger partial charge in [-0.2, -0.15) is 0 Å². The van der Waals surface area contributed by atoms with Gasteiger partial charge in [0.25, 0.3) is 0 Å². The van der Waals surface area contributed by atoms with Crippen molar-refractivity contribution in [2.75, 3.05) is 0 Å². The fourth-order valence-corrected chi connectivity index (χ4v) is 2.13. The van der Waals surface area contributed by atoms with Crippen LogP contribution in [0.5, 0.6) is 5.75 Å². The van der Waals surface area contributed by atoms with Gasteiger partial charge in [-0.05, 0) is 29.8 Å². The Hall–Kier alpha value is -2.56. The second-order valence-corrected chi connectivity index (χ2v) is 4.35. The summed E-state index contributed by atoms with van der Waals surface area (Å²) in [5.74, 6) is -0.241. The second-order valence-electron chi connectivity index (χ2n) is 4.35. The van der Waals surface area contributed by atoms with Crippen LogP contribution in [0.4, 0.5) is 4.39 Å². The number of aromatic hydroxyl groups is 1. The van der Waals surface area contributed by atoms with Crippen LogP contribution in [0, 0.1) is 5.82 Å². The molecule has 0 amide bonds. The van der Waals surface area contributed by atoms with Crippen LogP contribution in [0.2, 0.25) is 0 Å². The molecule has 0 unspecified atom stereocenters. The van der Waals surface area contributed by atoms with Gasteiger partial charge in [0, 0.05) is 6.07 Å². The Kier molecular flexibility index (Phi) is 2.59. The van der Waals surface area contributed by atoms with Gasteiger partial charge in [-0.15, -0.1) is 0 Å². The number of rotatable bonds is 2. The zero-order valence-corrected chi connectivity index (χ0v) is 9.93. The quantitative estimate of drug-likeness (QED) is 0.740. The van der Waals surface area contributed by atoms with E-state index in [1.165, 1.54) is 28.8 Å². The normalized spacial score (nSPS) is 11.0. The molecule has 0 spiro atoms. The van der Waals surface area contributed by atoms with E-state index in [1.54, 1.807) is 18.2 Å². The maximum absolute atomic E-state index is 13.1. The first-order valence-electron chi connectivity index (χ1n) is 5.79. The molecule has 0 aliphatic rings. The Labute approximate surface area is 107 Å². The zero-order valence-electron chi connectivity index (χ0n) is 9.93. The summed E-state index contributed by atoms with van der Waals surface area (Å²) in [6.45, 7) is 0.279. The largest absolute Gasteiger partial charge is 0.508 e. The minimum absolute atomic E-state index is 0.0895. The number of hydrogen-bond donors (Lipinski definition) is 2. The number of benzene rings is 2.